The summed E-state index contributed by atoms with van der Waals surface area (Å²) in [5, 5.41) is 9.19. The van der Waals surface area contributed by atoms with Crippen LogP contribution < -0.4 is 0 Å². The van der Waals surface area contributed by atoms with Gasteiger partial charge in [-0.2, -0.15) is 0 Å². The van der Waals surface area contributed by atoms with Crippen molar-refractivity contribution >= 4 is 12.1 Å². The predicted octanol–water partition coefficient (Wildman–Crippen LogP) is 2.04. The Bertz CT molecular complexity index is 509. The topological polar surface area (TPSA) is 66.8 Å². The van der Waals surface area contributed by atoms with E-state index in [0.29, 0.717) is 12.0 Å². The molecule has 0 spiro atoms. The van der Waals surface area contributed by atoms with Crippen molar-refractivity contribution in [2.75, 3.05) is 6.54 Å². The van der Waals surface area contributed by atoms with Crippen LogP contribution in [0.3, 0.4) is 0 Å². The molecule has 0 radical (unpaired) electrons. The molecule has 19 heavy (non-hydrogen) atoms. The Morgan fingerprint density at radius 1 is 1.37 bits per heavy atom. The van der Waals surface area contributed by atoms with Crippen molar-refractivity contribution in [3.05, 3.63) is 47.5 Å². The molecule has 1 aliphatic rings. The van der Waals surface area contributed by atoms with E-state index < -0.39 is 18.3 Å². The summed E-state index contributed by atoms with van der Waals surface area (Å²) in [5.41, 5.74) is 1.48. The van der Waals surface area contributed by atoms with Crippen LogP contribution in [0.2, 0.25) is 0 Å². The highest BCUT2D eigenvalue weighted by atomic mass is 16.6. The molecule has 5 heteroatoms. The third-order valence-corrected chi connectivity index (χ3v) is 2.98. The molecule has 1 heterocycles. The quantitative estimate of drug-likeness (QED) is 0.842. The highest BCUT2D eigenvalue weighted by Gasteiger charge is 2.30. The van der Waals surface area contributed by atoms with Gasteiger partial charge in [-0.1, -0.05) is 30.3 Å². The maximum absolute atomic E-state index is 11.3. The standard InChI is InChI=1S/C14H15NO4/c1-10-9-12(19-13(10)16)15(14(17)18)8-7-11-5-3-2-4-6-11/h2-6,9,12H,7-8H2,1H3,(H,17,18). The minimum atomic E-state index is -1.10. The first-order chi connectivity index (χ1) is 9.08. The molecule has 1 amide bonds. The smallest absolute Gasteiger partial charge is 0.410 e. The summed E-state index contributed by atoms with van der Waals surface area (Å²) in [7, 11) is 0. The fourth-order valence-electron chi connectivity index (χ4n) is 1.90. The second-order valence-corrected chi connectivity index (χ2v) is 4.36. The predicted molar refractivity (Wildman–Crippen MR) is 68.5 cm³/mol. The van der Waals surface area contributed by atoms with Crippen LogP contribution in [0.1, 0.15) is 12.5 Å². The molecule has 5 nitrogen and oxygen atoms in total. The Labute approximate surface area is 111 Å². The second kappa shape index (κ2) is 5.56. The van der Waals surface area contributed by atoms with Crippen molar-refractivity contribution in [2.45, 2.75) is 19.6 Å². The molecule has 0 saturated heterocycles. The number of nitrogens with zero attached hydrogens (tertiary/aromatic N) is 1. The maximum atomic E-state index is 11.3. The Morgan fingerprint density at radius 3 is 2.58 bits per heavy atom. The summed E-state index contributed by atoms with van der Waals surface area (Å²) in [4.78, 5) is 23.6. The number of hydrogen-bond donors (Lipinski definition) is 1. The first-order valence-corrected chi connectivity index (χ1v) is 6.01. The number of carboxylic acid groups (broad SMARTS) is 1. The highest BCUT2D eigenvalue weighted by Crippen LogP contribution is 2.17. The Morgan fingerprint density at radius 2 is 2.05 bits per heavy atom. The highest BCUT2D eigenvalue weighted by molar-refractivity contribution is 5.90. The minimum absolute atomic E-state index is 0.279. The van der Waals surface area contributed by atoms with E-state index >= 15 is 0 Å². The van der Waals surface area contributed by atoms with Gasteiger partial charge in [-0.25, -0.2) is 9.59 Å². The van der Waals surface area contributed by atoms with Gasteiger partial charge in [0, 0.05) is 12.1 Å². The van der Waals surface area contributed by atoms with Crippen LogP contribution in [0.5, 0.6) is 0 Å². The number of benzene rings is 1. The van der Waals surface area contributed by atoms with Crippen LogP contribution in [-0.2, 0) is 16.0 Å². The van der Waals surface area contributed by atoms with Gasteiger partial charge in [0.2, 0.25) is 6.23 Å². The van der Waals surface area contributed by atoms with Crippen molar-refractivity contribution in [1.82, 2.24) is 4.90 Å². The van der Waals surface area contributed by atoms with Gasteiger partial charge in [-0.3, -0.25) is 4.90 Å². The SMILES string of the molecule is CC1=CC(N(CCc2ccccc2)C(=O)O)OC1=O. The first-order valence-electron chi connectivity index (χ1n) is 6.01. The molecule has 0 aliphatic carbocycles. The number of ether oxygens (including phenoxy) is 1. The summed E-state index contributed by atoms with van der Waals surface area (Å²) in [5.74, 6) is -0.462. The molecule has 1 atom stereocenters. The van der Waals surface area contributed by atoms with Gasteiger partial charge >= 0.3 is 12.1 Å². The number of amides is 1. The minimum Gasteiger partial charge on any atom is -0.465 e. The van der Waals surface area contributed by atoms with E-state index in [1.807, 2.05) is 30.3 Å². The molecule has 0 aromatic heterocycles. The van der Waals surface area contributed by atoms with Crippen LogP contribution in [0.4, 0.5) is 4.79 Å². The van der Waals surface area contributed by atoms with Gasteiger partial charge in [-0.15, -0.1) is 0 Å². The van der Waals surface area contributed by atoms with E-state index in [2.05, 4.69) is 0 Å². The van der Waals surface area contributed by atoms with E-state index in [-0.39, 0.29) is 6.54 Å². The lowest BCUT2D eigenvalue weighted by Crippen LogP contribution is -2.40. The van der Waals surface area contributed by atoms with Gasteiger partial charge in [0.05, 0.1) is 0 Å². The van der Waals surface area contributed by atoms with Crippen molar-refractivity contribution in [3.8, 4) is 0 Å². The molecule has 1 unspecified atom stereocenters. The Hall–Kier alpha value is -2.30. The van der Waals surface area contributed by atoms with Crippen LogP contribution >= 0.6 is 0 Å². The number of carbonyl (C=O) groups is 2. The molecule has 0 fully saturated rings. The molecule has 1 N–H and O–H groups in total. The van der Waals surface area contributed by atoms with E-state index in [1.165, 1.54) is 6.08 Å². The van der Waals surface area contributed by atoms with Crippen LogP contribution in [0.25, 0.3) is 0 Å². The summed E-state index contributed by atoms with van der Waals surface area (Å²) in [6.45, 7) is 1.89. The molecule has 1 aromatic rings. The normalized spacial score (nSPS) is 17.8. The number of cyclic esters (lactones) is 1. The lowest BCUT2D eigenvalue weighted by Gasteiger charge is -2.23. The van der Waals surface area contributed by atoms with Gasteiger partial charge in [0.1, 0.15) is 0 Å². The third-order valence-electron chi connectivity index (χ3n) is 2.98. The zero-order valence-electron chi connectivity index (χ0n) is 10.6. The van der Waals surface area contributed by atoms with Crippen LogP contribution in [0.15, 0.2) is 42.0 Å². The molecule has 0 saturated carbocycles. The van der Waals surface area contributed by atoms with Crippen LogP contribution in [-0.4, -0.2) is 34.8 Å². The fraction of sp³-hybridized carbons (Fsp3) is 0.286. The molecule has 1 aliphatic heterocycles. The summed E-state index contributed by atoms with van der Waals surface area (Å²) < 4.78 is 5.00. The zero-order valence-corrected chi connectivity index (χ0v) is 10.6. The van der Waals surface area contributed by atoms with E-state index in [9.17, 15) is 14.7 Å². The van der Waals surface area contributed by atoms with E-state index in [1.54, 1.807) is 6.92 Å². The molecule has 0 bridgehead atoms. The number of rotatable bonds is 4. The zero-order chi connectivity index (χ0) is 13.8. The monoisotopic (exact) mass is 261 g/mol. The van der Waals surface area contributed by atoms with Gasteiger partial charge < -0.3 is 9.84 Å². The van der Waals surface area contributed by atoms with Crippen molar-refractivity contribution in [2.24, 2.45) is 0 Å². The summed E-state index contributed by atoms with van der Waals surface area (Å²) >= 11 is 0. The maximum Gasteiger partial charge on any atom is 0.410 e. The first kappa shape index (κ1) is 13.1. The average molecular weight is 261 g/mol. The largest absolute Gasteiger partial charge is 0.465 e. The molecular weight excluding hydrogens is 246 g/mol. The lowest BCUT2D eigenvalue weighted by atomic mass is 10.1. The van der Waals surface area contributed by atoms with Crippen molar-refractivity contribution < 1.29 is 19.4 Å². The average Bonchev–Trinajstić information content (AvgIpc) is 2.70. The second-order valence-electron chi connectivity index (χ2n) is 4.36. The summed E-state index contributed by atoms with van der Waals surface area (Å²) in [6.07, 6.45) is 0.198. The van der Waals surface area contributed by atoms with Crippen molar-refractivity contribution in [1.29, 1.82) is 0 Å². The lowest BCUT2D eigenvalue weighted by molar-refractivity contribution is -0.144. The number of carbonyl (C=O) groups excluding carboxylic acids is 1. The molecule has 1 aromatic carbocycles. The number of esters is 1. The van der Waals surface area contributed by atoms with Gasteiger partial charge in [0.25, 0.3) is 0 Å². The fourth-order valence-corrected chi connectivity index (χ4v) is 1.90. The Kier molecular flexibility index (Phi) is 3.85. The van der Waals surface area contributed by atoms with Gasteiger partial charge in [0.15, 0.2) is 0 Å². The van der Waals surface area contributed by atoms with E-state index in [4.69, 9.17) is 4.74 Å². The van der Waals surface area contributed by atoms with Gasteiger partial charge in [-0.05, 0) is 25.0 Å². The molecule has 2 rings (SSSR count). The number of hydrogen-bond acceptors (Lipinski definition) is 3. The molecular formula is C14H15NO4. The summed E-state index contributed by atoms with van der Waals surface area (Å²) in [6, 6.07) is 9.58. The Balaban J connectivity index is 2.02. The van der Waals surface area contributed by atoms with Crippen molar-refractivity contribution in [3.63, 3.8) is 0 Å². The van der Waals surface area contributed by atoms with Crippen LogP contribution in [0, 0.1) is 0 Å². The third kappa shape index (κ3) is 3.13. The molecule has 100 valence electrons. The van der Waals surface area contributed by atoms with E-state index in [0.717, 1.165) is 10.5 Å².